The number of hydrogen-bond donors (Lipinski definition) is 0. The predicted molar refractivity (Wildman–Crippen MR) is 74.7 cm³/mol. The van der Waals surface area contributed by atoms with Crippen molar-refractivity contribution in [1.82, 2.24) is 4.98 Å². The molecule has 0 aliphatic rings. The number of nitrogens with zero attached hydrogens (tertiary/aromatic N) is 1. The van der Waals surface area contributed by atoms with Crippen LogP contribution in [-0.2, 0) is 6.42 Å². The van der Waals surface area contributed by atoms with Crippen LogP contribution in [0.5, 0.6) is 0 Å². The standard InChI is InChI=1S/C14H11NS2/c1-2-13(16-9-1)14-4-3-12(17-14)10-11-5-7-15-8-6-11/h1-9H,10H2. The molecule has 0 aliphatic carbocycles. The third-order valence-electron chi connectivity index (χ3n) is 2.55. The Balaban J connectivity index is 1.82. The van der Waals surface area contributed by atoms with E-state index in [0.29, 0.717) is 0 Å². The molecular weight excluding hydrogens is 246 g/mol. The van der Waals surface area contributed by atoms with Gasteiger partial charge in [-0.3, -0.25) is 4.98 Å². The van der Waals surface area contributed by atoms with E-state index in [-0.39, 0.29) is 0 Å². The quantitative estimate of drug-likeness (QED) is 0.675. The van der Waals surface area contributed by atoms with E-state index in [1.54, 1.807) is 11.3 Å². The lowest BCUT2D eigenvalue weighted by molar-refractivity contribution is 1.19. The molecule has 0 fully saturated rings. The number of aromatic nitrogens is 1. The van der Waals surface area contributed by atoms with Crippen molar-refractivity contribution in [3.05, 3.63) is 64.6 Å². The molecule has 0 radical (unpaired) electrons. The first-order valence-corrected chi connectivity index (χ1v) is 7.13. The van der Waals surface area contributed by atoms with E-state index < -0.39 is 0 Å². The summed E-state index contributed by atoms with van der Waals surface area (Å²) in [5.74, 6) is 0. The van der Waals surface area contributed by atoms with Gasteiger partial charge < -0.3 is 0 Å². The first-order chi connectivity index (χ1) is 8.42. The van der Waals surface area contributed by atoms with Gasteiger partial charge in [0.25, 0.3) is 0 Å². The van der Waals surface area contributed by atoms with Crippen LogP contribution in [0.3, 0.4) is 0 Å². The Bertz CT molecular complexity index is 582. The summed E-state index contributed by atoms with van der Waals surface area (Å²) >= 11 is 3.67. The maximum Gasteiger partial charge on any atom is 0.0445 e. The summed E-state index contributed by atoms with van der Waals surface area (Å²) in [7, 11) is 0. The molecule has 17 heavy (non-hydrogen) atoms. The predicted octanol–water partition coefficient (Wildman–Crippen LogP) is 4.46. The molecule has 0 spiro atoms. The molecule has 0 aliphatic heterocycles. The highest BCUT2D eigenvalue weighted by Gasteiger charge is 2.04. The molecule has 0 saturated carbocycles. The molecule has 1 nitrogen and oxygen atoms in total. The highest BCUT2D eigenvalue weighted by molar-refractivity contribution is 7.21. The third kappa shape index (κ3) is 2.46. The maximum absolute atomic E-state index is 4.04. The summed E-state index contributed by atoms with van der Waals surface area (Å²) in [6.07, 6.45) is 4.70. The minimum absolute atomic E-state index is 0.999. The molecule has 3 aromatic rings. The maximum atomic E-state index is 4.04. The molecule has 0 atom stereocenters. The Labute approximate surface area is 108 Å². The van der Waals surface area contributed by atoms with Crippen LogP contribution in [0.15, 0.2) is 54.2 Å². The lowest BCUT2D eigenvalue weighted by Crippen LogP contribution is -1.83. The molecular formula is C14H11NS2. The van der Waals surface area contributed by atoms with Crippen molar-refractivity contribution < 1.29 is 0 Å². The minimum Gasteiger partial charge on any atom is -0.265 e. The monoisotopic (exact) mass is 257 g/mol. The second kappa shape index (κ2) is 4.82. The summed E-state index contributed by atoms with van der Waals surface area (Å²) in [6, 6.07) is 12.9. The van der Waals surface area contributed by atoms with Crippen LogP contribution in [-0.4, -0.2) is 4.98 Å². The van der Waals surface area contributed by atoms with E-state index in [0.717, 1.165) is 6.42 Å². The van der Waals surface area contributed by atoms with Crippen molar-refractivity contribution in [2.75, 3.05) is 0 Å². The average molecular weight is 257 g/mol. The summed E-state index contributed by atoms with van der Waals surface area (Å²) in [5.41, 5.74) is 1.32. The zero-order valence-electron chi connectivity index (χ0n) is 9.17. The molecule has 0 N–H and O–H groups in total. The fraction of sp³-hybridized carbons (Fsp3) is 0.0714. The molecule has 0 unspecified atom stereocenters. The second-order valence-electron chi connectivity index (χ2n) is 3.78. The third-order valence-corrected chi connectivity index (χ3v) is 4.70. The van der Waals surface area contributed by atoms with Crippen LogP contribution in [0.25, 0.3) is 9.75 Å². The number of rotatable bonds is 3. The van der Waals surface area contributed by atoms with Crippen LogP contribution in [0.2, 0.25) is 0 Å². The SMILES string of the molecule is c1csc(-c2ccc(Cc3ccncc3)s2)c1. The normalized spacial score (nSPS) is 10.6. The van der Waals surface area contributed by atoms with Gasteiger partial charge in [0.2, 0.25) is 0 Å². The van der Waals surface area contributed by atoms with E-state index in [9.17, 15) is 0 Å². The first kappa shape index (κ1) is 10.7. The zero-order chi connectivity index (χ0) is 11.5. The fourth-order valence-electron chi connectivity index (χ4n) is 1.73. The first-order valence-electron chi connectivity index (χ1n) is 5.43. The van der Waals surface area contributed by atoms with Crippen molar-refractivity contribution >= 4 is 22.7 Å². The molecule has 0 aromatic carbocycles. The molecule has 0 amide bonds. The van der Waals surface area contributed by atoms with Crippen LogP contribution in [0, 0.1) is 0 Å². The van der Waals surface area contributed by atoms with Crippen LogP contribution >= 0.6 is 22.7 Å². The number of hydrogen-bond acceptors (Lipinski definition) is 3. The molecule has 3 heterocycles. The Hall–Kier alpha value is -1.45. The molecule has 0 saturated heterocycles. The van der Waals surface area contributed by atoms with Crippen molar-refractivity contribution in [1.29, 1.82) is 0 Å². The van der Waals surface area contributed by atoms with Gasteiger partial charge in [-0.05, 0) is 41.3 Å². The van der Waals surface area contributed by atoms with Gasteiger partial charge in [0.05, 0.1) is 0 Å². The van der Waals surface area contributed by atoms with Gasteiger partial charge in [0.1, 0.15) is 0 Å². The number of pyridine rings is 1. The summed E-state index contributed by atoms with van der Waals surface area (Å²) in [6.45, 7) is 0. The van der Waals surface area contributed by atoms with Crippen molar-refractivity contribution in [2.45, 2.75) is 6.42 Å². The average Bonchev–Trinajstić information content (AvgIpc) is 3.00. The van der Waals surface area contributed by atoms with Gasteiger partial charge in [-0.25, -0.2) is 0 Å². The van der Waals surface area contributed by atoms with E-state index in [1.165, 1.54) is 20.2 Å². The van der Waals surface area contributed by atoms with Gasteiger partial charge in [-0.1, -0.05) is 6.07 Å². The van der Waals surface area contributed by atoms with E-state index in [2.05, 4.69) is 46.8 Å². The largest absolute Gasteiger partial charge is 0.265 e. The Morgan fingerprint density at radius 2 is 1.82 bits per heavy atom. The summed E-state index contributed by atoms with van der Waals surface area (Å²) in [4.78, 5) is 8.16. The molecule has 84 valence electrons. The van der Waals surface area contributed by atoms with Gasteiger partial charge in [0, 0.05) is 33.4 Å². The van der Waals surface area contributed by atoms with Gasteiger partial charge in [-0.15, -0.1) is 22.7 Å². The lowest BCUT2D eigenvalue weighted by Gasteiger charge is -1.96. The Morgan fingerprint density at radius 1 is 0.941 bits per heavy atom. The van der Waals surface area contributed by atoms with Crippen molar-refractivity contribution in [2.24, 2.45) is 0 Å². The van der Waals surface area contributed by atoms with Gasteiger partial charge in [0.15, 0.2) is 0 Å². The molecule has 3 rings (SSSR count). The zero-order valence-corrected chi connectivity index (χ0v) is 10.8. The minimum atomic E-state index is 0.999. The van der Waals surface area contributed by atoms with Gasteiger partial charge in [-0.2, -0.15) is 0 Å². The fourth-order valence-corrected chi connectivity index (χ4v) is 3.60. The number of thiophene rings is 2. The van der Waals surface area contributed by atoms with E-state index >= 15 is 0 Å². The van der Waals surface area contributed by atoms with Crippen LogP contribution in [0.1, 0.15) is 10.4 Å². The molecule has 3 heteroatoms. The lowest BCUT2D eigenvalue weighted by atomic mass is 10.2. The topological polar surface area (TPSA) is 12.9 Å². The molecule has 3 aromatic heterocycles. The van der Waals surface area contributed by atoms with Gasteiger partial charge >= 0.3 is 0 Å². The van der Waals surface area contributed by atoms with E-state index in [1.807, 2.05) is 23.7 Å². The van der Waals surface area contributed by atoms with Crippen LogP contribution in [0.4, 0.5) is 0 Å². The van der Waals surface area contributed by atoms with E-state index in [4.69, 9.17) is 0 Å². The van der Waals surface area contributed by atoms with Crippen molar-refractivity contribution in [3.63, 3.8) is 0 Å². The summed E-state index contributed by atoms with van der Waals surface area (Å²) in [5, 5.41) is 2.12. The van der Waals surface area contributed by atoms with Crippen LogP contribution < -0.4 is 0 Å². The Kier molecular flexibility index (Phi) is 3.03. The smallest absolute Gasteiger partial charge is 0.0445 e. The Morgan fingerprint density at radius 3 is 2.59 bits per heavy atom. The molecule has 0 bridgehead atoms. The highest BCUT2D eigenvalue weighted by atomic mass is 32.1. The highest BCUT2D eigenvalue weighted by Crippen LogP contribution is 2.32. The second-order valence-corrected chi connectivity index (χ2v) is 5.89. The van der Waals surface area contributed by atoms with Crippen molar-refractivity contribution in [3.8, 4) is 9.75 Å². The summed E-state index contributed by atoms with van der Waals surface area (Å²) < 4.78 is 0.